The Morgan fingerprint density at radius 1 is 1.35 bits per heavy atom. The number of carboxylic acids is 1. The quantitative estimate of drug-likeness (QED) is 0.597. The van der Waals surface area contributed by atoms with Gasteiger partial charge in [-0.05, 0) is 5.56 Å². The Balaban J connectivity index is 2.06. The first-order valence-corrected chi connectivity index (χ1v) is 5.81. The molecule has 0 aliphatic heterocycles. The smallest absolute Gasteiger partial charge is 0.326 e. The van der Waals surface area contributed by atoms with E-state index in [2.05, 4.69) is 20.5 Å². The molecular formula is C12H13N5O3. The van der Waals surface area contributed by atoms with Gasteiger partial charge in [-0.25, -0.2) is 4.79 Å². The van der Waals surface area contributed by atoms with Crippen LogP contribution in [-0.4, -0.2) is 38.2 Å². The second-order valence-electron chi connectivity index (χ2n) is 4.10. The minimum Gasteiger partial charge on any atom is -0.480 e. The molecule has 0 radical (unpaired) electrons. The van der Waals surface area contributed by atoms with Crippen LogP contribution in [0, 0.1) is 0 Å². The van der Waals surface area contributed by atoms with Crippen molar-refractivity contribution in [3.63, 3.8) is 0 Å². The van der Waals surface area contributed by atoms with E-state index in [4.69, 9.17) is 10.8 Å². The predicted octanol–water partition coefficient (Wildman–Crippen LogP) is -0.187. The molecular weight excluding hydrogens is 262 g/mol. The Labute approximate surface area is 114 Å². The van der Waals surface area contributed by atoms with Crippen LogP contribution in [0.15, 0.2) is 30.3 Å². The third kappa shape index (κ3) is 3.31. The standard InChI is InChI=1S/C12H13N5O3/c13-12-15-9(16-17-12)10(18)14-8(11(19)20)6-7-4-2-1-3-5-7/h1-5,8H,6H2,(H,14,18)(H,19,20)(H3,13,15,16,17)/t8-/m1/s1. The molecule has 1 heterocycles. The number of H-pyrrole nitrogens is 1. The van der Waals surface area contributed by atoms with E-state index in [9.17, 15) is 9.59 Å². The number of nitrogens with one attached hydrogen (secondary N) is 2. The zero-order valence-corrected chi connectivity index (χ0v) is 10.4. The topological polar surface area (TPSA) is 134 Å². The van der Waals surface area contributed by atoms with Crippen molar-refractivity contribution in [2.24, 2.45) is 0 Å². The summed E-state index contributed by atoms with van der Waals surface area (Å²) in [6.07, 6.45) is 0.172. The van der Waals surface area contributed by atoms with Crippen molar-refractivity contribution in [2.75, 3.05) is 5.73 Å². The number of nitrogens with two attached hydrogens (primary N) is 1. The molecule has 1 amide bonds. The molecule has 2 rings (SSSR count). The van der Waals surface area contributed by atoms with E-state index in [-0.39, 0.29) is 18.2 Å². The lowest BCUT2D eigenvalue weighted by Crippen LogP contribution is -2.42. The largest absolute Gasteiger partial charge is 0.480 e. The monoisotopic (exact) mass is 275 g/mol. The number of hydrogen-bond acceptors (Lipinski definition) is 5. The Bertz CT molecular complexity index is 611. The van der Waals surface area contributed by atoms with Crippen LogP contribution in [0.4, 0.5) is 5.95 Å². The molecule has 0 bridgehead atoms. The summed E-state index contributed by atoms with van der Waals surface area (Å²) in [4.78, 5) is 26.6. The van der Waals surface area contributed by atoms with Crippen LogP contribution in [0.1, 0.15) is 16.2 Å². The van der Waals surface area contributed by atoms with Crippen molar-refractivity contribution in [1.82, 2.24) is 20.5 Å². The van der Waals surface area contributed by atoms with Gasteiger partial charge in [0.15, 0.2) is 0 Å². The van der Waals surface area contributed by atoms with Crippen LogP contribution in [-0.2, 0) is 11.2 Å². The molecule has 0 saturated carbocycles. The third-order valence-corrected chi connectivity index (χ3v) is 2.60. The summed E-state index contributed by atoms with van der Waals surface area (Å²) >= 11 is 0. The van der Waals surface area contributed by atoms with E-state index >= 15 is 0 Å². The second-order valence-corrected chi connectivity index (χ2v) is 4.10. The molecule has 2 aromatic rings. The van der Waals surface area contributed by atoms with Gasteiger partial charge >= 0.3 is 5.97 Å². The van der Waals surface area contributed by atoms with Crippen LogP contribution in [0.5, 0.6) is 0 Å². The Morgan fingerprint density at radius 2 is 2.05 bits per heavy atom. The van der Waals surface area contributed by atoms with Crippen LogP contribution < -0.4 is 11.1 Å². The number of nitrogens with zero attached hydrogens (tertiary/aromatic N) is 2. The fraction of sp³-hybridized carbons (Fsp3) is 0.167. The average Bonchev–Trinajstić information content (AvgIpc) is 2.86. The van der Waals surface area contributed by atoms with E-state index < -0.39 is 17.9 Å². The summed E-state index contributed by atoms with van der Waals surface area (Å²) in [6.45, 7) is 0. The highest BCUT2D eigenvalue weighted by atomic mass is 16.4. The number of aliphatic carboxylic acids is 1. The zero-order chi connectivity index (χ0) is 14.5. The van der Waals surface area contributed by atoms with Crippen molar-refractivity contribution in [3.05, 3.63) is 41.7 Å². The lowest BCUT2D eigenvalue weighted by molar-refractivity contribution is -0.139. The van der Waals surface area contributed by atoms with Gasteiger partial charge in [0.25, 0.3) is 5.91 Å². The summed E-state index contributed by atoms with van der Waals surface area (Å²) in [5, 5.41) is 17.3. The molecule has 0 fully saturated rings. The third-order valence-electron chi connectivity index (χ3n) is 2.60. The second kappa shape index (κ2) is 5.83. The van der Waals surface area contributed by atoms with Gasteiger partial charge in [0.1, 0.15) is 6.04 Å². The molecule has 8 nitrogen and oxygen atoms in total. The minimum atomic E-state index is -1.13. The van der Waals surface area contributed by atoms with Crippen LogP contribution in [0.3, 0.4) is 0 Å². The van der Waals surface area contributed by atoms with Gasteiger partial charge in [-0.15, -0.1) is 5.10 Å². The summed E-state index contributed by atoms with van der Waals surface area (Å²) < 4.78 is 0. The minimum absolute atomic E-state index is 0.0786. The molecule has 5 N–H and O–H groups in total. The fourth-order valence-corrected chi connectivity index (χ4v) is 1.65. The Kier molecular flexibility index (Phi) is 3.94. The number of carboxylic acid groups (broad SMARTS) is 1. The first-order chi connectivity index (χ1) is 9.56. The van der Waals surface area contributed by atoms with E-state index in [1.165, 1.54) is 0 Å². The number of nitrogen functional groups attached to an aromatic ring is 1. The van der Waals surface area contributed by atoms with Crippen molar-refractivity contribution in [1.29, 1.82) is 0 Å². The molecule has 0 spiro atoms. The number of aromatic nitrogens is 3. The number of anilines is 1. The van der Waals surface area contributed by atoms with Crippen molar-refractivity contribution < 1.29 is 14.7 Å². The molecule has 8 heteroatoms. The normalized spacial score (nSPS) is 11.8. The zero-order valence-electron chi connectivity index (χ0n) is 10.4. The van der Waals surface area contributed by atoms with Gasteiger partial charge in [0.05, 0.1) is 0 Å². The summed E-state index contributed by atoms with van der Waals surface area (Å²) in [5.41, 5.74) is 6.08. The molecule has 1 aromatic heterocycles. The predicted molar refractivity (Wildman–Crippen MR) is 69.8 cm³/mol. The lowest BCUT2D eigenvalue weighted by atomic mass is 10.1. The molecule has 0 aliphatic carbocycles. The first kappa shape index (κ1) is 13.5. The highest BCUT2D eigenvalue weighted by molar-refractivity contribution is 5.93. The molecule has 1 atom stereocenters. The van der Waals surface area contributed by atoms with Gasteiger partial charge < -0.3 is 16.2 Å². The van der Waals surface area contributed by atoms with Crippen LogP contribution >= 0.6 is 0 Å². The summed E-state index contributed by atoms with van der Waals surface area (Å²) in [6, 6.07) is 7.94. The van der Waals surface area contributed by atoms with Crippen molar-refractivity contribution >= 4 is 17.8 Å². The number of amides is 1. The number of benzene rings is 1. The molecule has 1 aromatic carbocycles. The van der Waals surface area contributed by atoms with Crippen molar-refractivity contribution in [3.8, 4) is 0 Å². The number of rotatable bonds is 5. The van der Waals surface area contributed by atoms with Gasteiger partial charge in [-0.3, -0.25) is 9.89 Å². The average molecular weight is 275 g/mol. The van der Waals surface area contributed by atoms with Gasteiger partial charge in [-0.1, -0.05) is 30.3 Å². The fourth-order valence-electron chi connectivity index (χ4n) is 1.65. The molecule has 20 heavy (non-hydrogen) atoms. The van der Waals surface area contributed by atoms with E-state index in [0.29, 0.717) is 0 Å². The number of carbonyl (C=O) groups excluding carboxylic acids is 1. The summed E-state index contributed by atoms with van der Waals surface area (Å²) in [7, 11) is 0. The number of carbonyl (C=O) groups is 2. The Hall–Kier alpha value is -2.90. The maximum absolute atomic E-state index is 11.8. The number of aromatic amines is 1. The molecule has 0 aliphatic rings. The molecule has 0 saturated heterocycles. The van der Waals surface area contributed by atoms with Crippen molar-refractivity contribution in [2.45, 2.75) is 12.5 Å². The highest BCUT2D eigenvalue weighted by Crippen LogP contribution is 2.04. The summed E-state index contributed by atoms with van der Waals surface area (Å²) in [5.74, 6) is -2.00. The van der Waals surface area contributed by atoms with Crippen LogP contribution in [0.2, 0.25) is 0 Å². The Morgan fingerprint density at radius 3 is 2.60 bits per heavy atom. The maximum Gasteiger partial charge on any atom is 0.326 e. The van der Waals surface area contributed by atoms with E-state index in [1.54, 1.807) is 24.3 Å². The maximum atomic E-state index is 11.8. The highest BCUT2D eigenvalue weighted by Gasteiger charge is 2.22. The van der Waals surface area contributed by atoms with Gasteiger partial charge in [0, 0.05) is 6.42 Å². The first-order valence-electron chi connectivity index (χ1n) is 5.81. The van der Waals surface area contributed by atoms with E-state index in [0.717, 1.165) is 5.56 Å². The SMILES string of the molecule is Nc1n[nH]c(C(=O)N[C@H](Cc2ccccc2)C(=O)O)n1. The van der Waals surface area contributed by atoms with Crippen LogP contribution in [0.25, 0.3) is 0 Å². The molecule has 0 unspecified atom stereocenters. The lowest BCUT2D eigenvalue weighted by Gasteiger charge is -2.13. The van der Waals surface area contributed by atoms with E-state index in [1.807, 2.05) is 6.07 Å². The molecule has 104 valence electrons. The van der Waals surface area contributed by atoms with Gasteiger partial charge in [-0.2, -0.15) is 4.98 Å². The number of hydrogen-bond donors (Lipinski definition) is 4. The van der Waals surface area contributed by atoms with Gasteiger partial charge in [0.2, 0.25) is 11.8 Å².